The van der Waals surface area contributed by atoms with Crippen LogP contribution in [0, 0.1) is 0 Å². The molecule has 0 aliphatic heterocycles. The summed E-state index contributed by atoms with van der Waals surface area (Å²) in [6.07, 6.45) is -0.503. The largest absolute Gasteiger partial charge is 0.481 e. The van der Waals surface area contributed by atoms with Crippen molar-refractivity contribution in [1.29, 1.82) is 0 Å². The minimum Gasteiger partial charge on any atom is -0.481 e. The SMILES string of the molecule is CCOC(=O)C[C@@H](Cc1ccc(-c2cc(Cl)ccc2Cl)cc1)NC(=O)CCC(=O)O.O=C(O)CCC(=O)N[C@@H](CC(=O)O)Cc1ccc(-c2cc(Cl)ccc2Cl)cc1. The molecule has 16 heteroatoms. The van der Waals surface area contributed by atoms with Crippen LogP contribution in [0.15, 0.2) is 84.9 Å². The van der Waals surface area contributed by atoms with E-state index in [1.54, 1.807) is 43.3 Å². The van der Waals surface area contributed by atoms with Gasteiger partial charge in [-0.05, 0) is 78.4 Å². The number of rotatable bonds is 19. The van der Waals surface area contributed by atoms with Crippen LogP contribution in [-0.4, -0.2) is 69.7 Å². The van der Waals surface area contributed by atoms with E-state index in [1.807, 2.05) is 48.5 Å². The van der Waals surface area contributed by atoms with E-state index in [9.17, 15) is 28.8 Å². The van der Waals surface area contributed by atoms with Crippen LogP contribution in [0.25, 0.3) is 22.3 Å². The first-order valence-corrected chi connectivity index (χ1v) is 19.5. The van der Waals surface area contributed by atoms with Crippen molar-refractivity contribution in [3.63, 3.8) is 0 Å². The van der Waals surface area contributed by atoms with Crippen LogP contribution >= 0.6 is 46.4 Å². The maximum atomic E-state index is 12.0. The topological polar surface area (TPSA) is 196 Å². The monoisotopic (exact) mass is 874 g/mol. The van der Waals surface area contributed by atoms with E-state index >= 15 is 0 Å². The second-order valence-electron chi connectivity index (χ2n) is 13.0. The van der Waals surface area contributed by atoms with Crippen molar-refractivity contribution in [1.82, 2.24) is 10.6 Å². The number of nitrogens with one attached hydrogen (secondary N) is 2. The number of ether oxygens (including phenoxy) is 1. The highest BCUT2D eigenvalue weighted by Gasteiger charge is 2.20. The zero-order valence-electron chi connectivity index (χ0n) is 31.3. The summed E-state index contributed by atoms with van der Waals surface area (Å²) in [5, 5.41) is 34.1. The minimum atomic E-state index is -1.08. The number of amides is 2. The Balaban J connectivity index is 0.000000311. The molecule has 0 heterocycles. The molecule has 0 aliphatic rings. The fourth-order valence-electron chi connectivity index (χ4n) is 5.67. The number of carboxylic acid groups (broad SMARTS) is 3. The molecule has 0 saturated heterocycles. The van der Waals surface area contributed by atoms with Crippen molar-refractivity contribution in [2.24, 2.45) is 0 Å². The Morgan fingerprint density at radius 1 is 0.552 bits per heavy atom. The summed E-state index contributed by atoms with van der Waals surface area (Å²) in [5.41, 5.74) is 5.05. The Labute approximate surface area is 355 Å². The standard InChI is InChI=1S/C22H23Cl2NO5.C20H19Cl2NO5/c1-2-30-22(29)13-17(25-20(26)9-10-21(27)28)11-14-3-5-15(6-4-14)18-12-16(23)7-8-19(18)24;21-14-5-6-17(22)16(10-14)13-3-1-12(2-4-13)9-15(11-20(27)28)23-18(24)7-8-19(25)26/h3-8,12,17H,2,9-11,13H2,1H3,(H,25,26)(H,27,28);1-6,10,15H,7-9,11H2,(H,23,24)(H,25,26)(H,27,28)/t17-;15-/m11/s1. The Morgan fingerprint density at radius 2 is 0.948 bits per heavy atom. The molecule has 0 bridgehead atoms. The quantitative estimate of drug-likeness (QED) is 0.0570. The van der Waals surface area contributed by atoms with Gasteiger partial charge in [0.15, 0.2) is 0 Å². The van der Waals surface area contributed by atoms with Crippen molar-refractivity contribution in [3.05, 3.63) is 116 Å². The number of carbonyl (C=O) groups excluding carboxylic acids is 3. The van der Waals surface area contributed by atoms with Crippen molar-refractivity contribution in [2.75, 3.05) is 6.61 Å². The Bertz CT molecular complexity index is 2060. The van der Waals surface area contributed by atoms with Crippen molar-refractivity contribution in [2.45, 2.75) is 70.4 Å². The molecular weight excluding hydrogens is 834 g/mol. The average Bonchev–Trinajstić information content (AvgIpc) is 3.16. The van der Waals surface area contributed by atoms with Crippen LogP contribution in [0.4, 0.5) is 0 Å². The molecule has 2 atom stereocenters. The van der Waals surface area contributed by atoms with Gasteiger partial charge in [0.25, 0.3) is 0 Å². The van der Waals surface area contributed by atoms with E-state index in [-0.39, 0.29) is 45.1 Å². The van der Waals surface area contributed by atoms with Gasteiger partial charge in [0.1, 0.15) is 0 Å². The summed E-state index contributed by atoms with van der Waals surface area (Å²) in [6, 6.07) is 24.1. The third-order valence-electron chi connectivity index (χ3n) is 8.35. The number of carbonyl (C=O) groups is 6. The fraction of sp³-hybridized carbons (Fsp3) is 0.286. The lowest BCUT2D eigenvalue weighted by Crippen LogP contribution is -2.38. The number of halogens is 4. The van der Waals surface area contributed by atoms with E-state index < -0.39 is 47.8 Å². The molecule has 0 saturated carbocycles. The molecule has 58 heavy (non-hydrogen) atoms. The third-order valence-corrected chi connectivity index (χ3v) is 9.48. The van der Waals surface area contributed by atoms with E-state index in [1.165, 1.54) is 0 Å². The lowest BCUT2D eigenvalue weighted by molar-refractivity contribution is -0.144. The van der Waals surface area contributed by atoms with Gasteiger partial charge in [0.2, 0.25) is 11.8 Å². The maximum Gasteiger partial charge on any atom is 0.307 e. The lowest BCUT2D eigenvalue weighted by Gasteiger charge is -2.18. The van der Waals surface area contributed by atoms with E-state index in [0.717, 1.165) is 33.4 Å². The molecule has 4 aromatic carbocycles. The predicted molar refractivity (Wildman–Crippen MR) is 222 cm³/mol. The number of hydrogen-bond donors (Lipinski definition) is 5. The molecule has 0 fully saturated rings. The molecule has 2 amide bonds. The lowest BCUT2D eigenvalue weighted by atomic mass is 9.99. The first-order chi connectivity index (χ1) is 27.5. The molecule has 0 radical (unpaired) electrons. The van der Waals surface area contributed by atoms with Crippen LogP contribution in [-0.2, 0) is 46.3 Å². The van der Waals surface area contributed by atoms with Crippen molar-refractivity contribution >= 4 is 82.1 Å². The van der Waals surface area contributed by atoms with Gasteiger partial charge >= 0.3 is 23.9 Å². The second-order valence-corrected chi connectivity index (χ2v) is 14.7. The van der Waals surface area contributed by atoms with Gasteiger partial charge in [-0.1, -0.05) is 94.9 Å². The van der Waals surface area contributed by atoms with Crippen LogP contribution < -0.4 is 10.6 Å². The maximum absolute atomic E-state index is 12.0. The van der Waals surface area contributed by atoms with Gasteiger partial charge in [-0.2, -0.15) is 0 Å². The van der Waals surface area contributed by atoms with Gasteiger partial charge in [-0.3, -0.25) is 28.8 Å². The summed E-state index contributed by atoms with van der Waals surface area (Å²) in [7, 11) is 0. The van der Waals surface area contributed by atoms with Crippen molar-refractivity contribution < 1.29 is 48.8 Å². The number of esters is 1. The summed E-state index contributed by atoms with van der Waals surface area (Å²) < 4.78 is 4.98. The first-order valence-electron chi connectivity index (χ1n) is 18.0. The number of carboxylic acids is 3. The zero-order chi connectivity index (χ0) is 42.8. The molecule has 4 aromatic rings. The van der Waals surface area contributed by atoms with Crippen molar-refractivity contribution in [3.8, 4) is 22.3 Å². The van der Waals surface area contributed by atoms with E-state index in [4.69, 9.17) is 66.5 Å². The molecule has 0 unspecified atom stereocenters. The highest BCUT2D eigenvalue weighted by atomic mass is 35.5. The summed E-state index contributed by atoms with van der Waals surface area (Å²) in [5.74, 6) is -4.53. The molecular formula is C42H42Cl4N2O10. The van der Waals surface area contributed by atoms with Gasteiger partial charge in [0, 0.05) is 56.1 Å². The van der Waals surface area contributed by atoms with Crippen LogP contribution in [0.3, 0.4) is 0 Å². The van der Waals surface area contributed by atoms with Gasteiger partial charge in [-0.15, -0.1) is 0 Å². The highest BCUT2D eigenvalue weighted by Crippen LogP contribution is 2.32. The molecule has 12 nitrogen and oxygen atoms in total. The van der Waals surface area contributed by atoms with Crippen LogP contribution in [0.5, 0.6) is 0 Å². The number of aliphatic carboxylic acids is 3. The predicted octanol–water partition coefficient (Wildman–Crippen LogP) is 8.53. The number of hydrogen-bond acceptors (Lipinski definition) is 7. The third kappa shape index (κ3) is 17.2. The zero-order valence-corrected chi connectivity index (χ0v) is 34.3. The summed E-state index contributed by atoms with van der Waals surface area (Å²) >= 11 is 24.5. The normalized spacial score (nSPS) is 11.6. The molecule has 0 aliphatic carbocycles. The Morgan fingerprint density at radius 3 is 1.31 bits per heavy atom. The van der Waals surface area contributed by atoms with Crippen LogP contribution in [0.1, 0.15) is 56.6 Å². The molecule has 5 N–H and O–H groups in total. The second kappa shape index (κ2) is 23.9. The summed E-state index contributed by atoms with van der Waals surface area (Å²) in [6.45, 7) is 1.95. The average molecular weight is 877 g/mol. The number of benzene rings is 4. The van der Waals surface area contributed by atoms with E-state index in [2.05, 4.69) is 10.6 Å². The Hall–Kier alpha value is -5.14. The molecule has 0 aromatic heterocycles. The highest BCUT2D eigenvalue weighted by molar-refractivity contribution is 6.36. The van der Waals surface area contributed by atoms with Gasteiger partial charge in [0.05, 0.1) is 32.3 Å². The van der Waals surface area contributed by atoms with Gasteiger partial charge in [-0.25, -0.2) is 0 Å². The smallest absolute Gasteiger partial charge is 0.307 e. The summed E-state index contributed by atoms with van der Waals surface area (Å²) in [4.78, 5) is 68.1. The Kier molecular flexibility index (Phi) is 19.5. The minimum absolute atomic E-state index is 0.00543. The van der Waals surface area contributed by atoms with E-state index in [0.29, 0.717) is 32.9 Å². The molecule has 4 rings (SSSR count). The molecule has 308 valence electrons. The first kappa shape index (κ1) is 47.2. The van der Waals surface area contributed by atoms with Gasteiger partial charge < -0.3 is 30.7 Å². The fourth-order valence-corrected chi connectivity index (χ4v) is 6.47. The van der Waals surface area contributed by atoms with Crippen LogP contribution in [0.2, 0.25) is 20.1 Å². The molecule has 0 spiro atoms.